The molecule has 6 heteroatoms. The molecule has 0 radical (unpaired) electrons. The number of nitrogens with zero attached hydrogens (tertiary/aromatic N) is 1. The average Bonchev–Trinajstić information content (AvgIpc) is 3.00. The van der Waals surface area contributed by atoms with Gasteiger partial charge in [0.1, 0.15) is 5.82 Å². The predicted octanol–water partition coefficient (Wildman–Crippen LogP) is 3.84. The van der Waals surface area contributed by atoms with Gasteiger partial charge in [0, 0.05) is 30.5 Å². The molecule has 0 saturated heterocycles. The van der Waals surface area contributed by atoms with E-state index in [1.165, 1.54) is 44.2 Å². The standard InChI is InChI=1S/C23H30FN3O2/c1-16-13-21(17(2)27(16)20-9-4-3-5-10-20)23(29)26-12-11-25-22(28)15-18-7-6-8-19(24)14-18/h6-8,13-14,20H,3-5,9-12,15H2,1-2H3,(H,25,28)(H,26,29). The molecule has 0 unspecified atom stereocenters. The first-order valence-electron chi connectivity index (χ1n) is 10.4. The zero-order valence-corrected chi connectivity index (χ0v) is 17.3. The molecule has 1 heterocycles. The van der Waals surface area contributed by atoms with E-state index in [9.17, 15) is 14.0 Å². The van der Waals surface area contributed by atoms with Crippen LogP contribution in [0.3, 0.4) is 0 Å². The second kappa shape index (κ2) is 9.72. The number of aromatic nitrogens is 1. The Balaban J connectivity index is 1.47. The summed E-state index contributed by atoms with van der Waals surface area (Å²) in [6.07, 6.45) is 6.27. The van der Waals surface area contributed by atoms with E-state index in [-0.39, 0.29) is 24.1 Å². The number of rotatable bonds is 7. The minimum Gasteiger partial charge on any atom is -0.354 e. The number of halogens is 1. The third-order valence-electron chi connectivity index (χ3n) is 5.66. The highest BCUT2D eigenvalue weighted by Crippen LogP contribution is 2.32. The molecule has 1 aliphatic rings. The van der Waals surface area contributed by atoms with Crippen LogP contribution in [0.4, 0.5) is 4.39 Å². The number of hydrogen-bond donors (Lipinski definition) is 2. The number of carbonyl (C=O) groups is 2. The molecule has 5 nitrogen and oxygen atoms in total. The topological polar surface area (TPSA) is 63.1 Å². The number of benzene rings is 1. The van der Waals surface area contributed by atoms with E-state index >= 15 is 0 Å². The van der Waals surface area contributed by atoms with Crippen LogP contribution in [0.2, 0.25) is 0 Å². The van der Waals surface area contributed by atoms with Gasteiger partial charge in [0.05, 0.1) is 12.0 Å². The Labute approximate surface area is 171 Å². The SMILES string of the molecule is Cc1cc(C(=O)NCCNC(=O)Cc2cccc(F)c2)c(C)n1C1CCCCC1. The number of hydrogen-bond acceptors (Lipinski definition) is 2. The number of carbonyl (C=O) groups excluding carboxylic acids is 2. The van der Waals surface area contributed by atoms with E-state index in [2.05, 4.69) is 22.1 Å². The van der Waals surface area contributed by atoms with Crippen molar-refractivity contribution in [2.24, 2.45) is 0 Å². The normalized spacial score (nSPS) is 14.6. The molecule has 0 spiro atoms. The predicted molar refractivity (Wildman–Crippen MR) is 111 cm³/mol. The lowest BCUT2D eigenvalue weighted by Crippen LogP contribution is -2.35. The largest absolute Gasteiger partial charge is 0.354 e. The second-order valence-corrected chi connectivity index (χ2v) is 7.86. The molecule has 1 aliphatic carbocycles. The maximum Gasteiger partial charge on any atom is 0.253 e. The van der Waals surface area contributed by atoms with Crippen molar-refractivity contribution in [3.63, 3.8) is 0 Å². The summed E-state index contributed by atoms with van der Waals surface area (Å²) in [7, 11) is 0. The van der Waals surface area contributed by atoms with E-state index in [4.69, 9.17) is 0 Å². The summed E-state index contributed by atoms with van der Waals surface area (Å²) in [6, 6.07) is 8.45. The first kappa shape index (κ1) is 21.1. The lowest BCUT2D eigenvalue weighted by Gasteiger charge is -2.26. The number of amides is 2. The molecule has 3 rings (SSSR count). The van der Waals surface area contributed by atoms with Gasteiger partial charge in [0.25, 0.3) is 5.91 Å². The Kier molecular flexibility index (Phi) is 7.07. The van der Waals surface area contributed by atoms with E-state index in [0.29, 0.717) is 30.3 Å². The van der Waals surface area contributed by atoms with Crippen molar-refractivity contribution in [2.75, 3.05) is 13.1 Å². The summed E-state index contributed by atoms with van der Waals surface area (Å²) < 4.78 is 15.5. The van der Waals surface area contributed by atoms with Crippen molar-refractivity contribution in [3.8, 4) is 0 Å². The molecule has 1 aromatic carbocycles. The molecule has 1 aromatic heterocycles. The average molecular weight is 400 g/mol. The van der Waals surface area contributed by atoms with Crippen molar-refractivity contribution < 1.29 is 14.0 Å². The molecule has 2 N–H and O–H groups in total. The number of nitrogens with one attached hydrogen (secondary N) is 2. The van der Waals surface area contributed by atoms with E-state index in [1.807, 2.05) is 13.0 Å². The van der Waals surface area contributed by atoms with Gasteiger partial charge in [-0.25, -0.2) is 4.39 Å². The Morgan fingerprint density at radius 2 is 1.79 bits per heavy atom. The zero-order chi connectivity index (χ0) is 20.8. The first-order valence-corrected chi connectivity index (χ1v) is 10.4. The molecule has 2 amide bonds. The highest BCUT2D eigenvalue weighted by atomic mass is 19.1. The molecule has 0 aliphatic heterocycles. The van der Waals surface area contributed by atoms with Crippen molar-refractivity contribution >= 4 is 11.8 Å². The Hall–Kier alpha value is -2.63. The van der Waals surface area contributed by atoms with Crippen molar-refractivity contribution in [1.29, 1.82) is 0 Å². The summed E-state index contributed by atoms with van der Waals surface area (Å²) in [5.41, 5.74) is 3.48. The van der Waals surface area contributed by atoms with Crippen molar-refractivity contribution in [2.45, 2.75) is 58.4 Å². The molecule has 2 aromatic rings. The third-order valence-corrected chi connectivity index (χ3v) is 5.66. The maximum atomic E-state index is 13.2. The lowest BCUT2D eigenvalue weighted by molar-refractivity contribution is -0.120. The van der Waals surface area contributed by atoms with Gasteiger partial charge >= 0.3 is 0 Å². The molecular formula is C23H30FN3O2. The number of aryl methyl sites for hydroxylation is 1. The monoisotopic (exact) mass is 399 g/mol. The third kappa shape index (κ3) is 5.46. The minimum absolute atomic E-state index is 0.112. The van der Waals surface area contributed by atoms with Gasteiger partial charge in [-0.05, 0) is 50.5 Å². The van der Waals surface area contributed by atoms with E-state index in [1.54, 1.807) is 12.1 Å². The molecule has 0 bridgehead atoms. The quantitative estimate of drug-likeness (QED) is 0.695. The Morgan fingerprint density at radius 3 is 2.52 bits per heavy atom. The van der Waals surface area contributed by atoms with Gasteiger partial charge in [-0.3, -0.25) is 9.59 Å². The van der Waals surface area contributed by atoms with Gasteiger partial charge in [-0.2, -0.15) is 0 Å². The van der Waals surface area contributed by atoms with Gasteiger partial charge in [0.2, 0.25) is 5.91 Å². The van der Waals surface area contributed by atoms with Crippen molar-refractivity contribution in [3.05, 3.63) is 58.7 Å². The van der Waals surface area contributed by atoms with Crippen LogP contribution < -0.4 is 10.6 Å². The highest BCUT2D eigenvalue weighted by molar-refractivity contribution is 5.95. The summed E-state index contributed by atoms with van der Waals surface area (Å²) in [4.78, 5) is 24.6. The van der Waals surface area contributed by atoms with Crippen LogP contribution in [-0.4, -0.2) is 29.5 Å². The molecule has 1 fully saturated rings. The van der Waals surface area contributed by atoms with E-state index < -0.39 is 0 Å². The summed E-state index contributed by atoms with van der Waals surface area (Å²) in [5, 5.41) is 5.64. The van der Waals surface area contributed by atoms with Crippen LogP contribution in [0, 0.1) is 19.7 Å². The fraction of sp³-hybridized carbons (Fsp3) is 0.478. The van der Waals surface area contributed by atoms with Crippen LogP contribution in [0.5, 0.6) is 0 Å². The molecule has 29 heavy (non-hydrogen) atoms. The van der Waals surface area contributed by atoms with Crippen LogP contribution in [-0.2, 0) is 11.2 Å². The molecular weight excluding hydrogens is 369 g/mol. The van der Waals surface area contributed by atoms with Gasteiger partial charge < -0.3 is 15.2 Å². The zero-order valence-electron chi connectivity index (χ0n) is 17.3. The fourth-order valence-corrected chi connectivity index (χ4v) is 4.28. The van der Waals surface area contributed by atoms with Gasteiger partial charge in [-0.15, -0.1) is 0 Å². The molecule has 156 valence electrons. The molecule has 1 saturated carbocycles. The second-order valence-electron chi connectivity index (χ2n) is 7.86. The summed E-state index contributed by atoms with van der Waals surface area (Å²) in [6.45, 7) is 4.75. The smallest absolute Gasteiger partial charge is 0.253 e. The fourth-order valence-electron chi connectivity index (χ4n) is 4.28. The van der Waals surface area contributed by atoms with Crippen LogP contribution >= 0.6 is 0 Å². The van der Waals surface area contributed by atoms with Gasteiger partial charge in [-0.1, -0.05) is 31.4 Å². The molecule has 0 atom stereocenters. The van der Waals surface area contributed by atoms with Crippen LogP contribution in [0.1, 0.15) is 65.5 Å². The minimum atomic E-state index is -0.353. The lowest BCUT2D eigenvalue weighted by atomic mass is 9.95. The Morgan fingerprint density at radius 1 is 1.07 bits per heavy atom. The first-order chi connectivity index (χ1) is 14.0. The van der Waals surface area contributed by atoms with Crippen LogP contribution in [0.15, 0.2) is 30.3 Å². The maximum absolute atomic E-state index is 13.2. The summed E-state index contributed by atoms with van der Waals surface area (Å²) in [5.74, 6) is -0.659. The summed E-state index contributed by atoms with van der Waals surface area (Å²) >= 11 is 0. The van der Waals surface area contributed by atoms with Gasteiger partial charge in [0.15, 0.2) is 0 Å². The highest BCUT2D eigenvalue weighted by Gasteiger charge is 2.22. The van der Waals surface area contributed by atoms with Crippen LogP contribution in [0.25, 0.3) is 0 Å². The Bertz CT molecular complexity index is 869. The van der Waals surface area contributed by atoms with Crippen molar-refractivity contribution in [1.82, 2.24) is 15.2 Å². The van der Waals surface area contributed by atoms with E-state index in [0.717, 1.165) is 11.4 Å².